The van der Waals surface area contributed by atoms with Crippen molar-refractivity contribution in [1.29, 1.82) is 0 Å². The highest BCUT2D eigenvalue weighted by Gasteiger charge is 2.23. The third-order valence-electron chi connectivity index (χ3n) is 3.38. The highest BCUT2D eigenvalue weighted by atomic mass is 32.2. The van der Waals surface area contributed by atoms with Crippen LogP contribution in [0.3, 0.4) is 0 Å². The first kappa shape index (κ1) is 16.8. The number of aliphatic hydroxyl groups is 1. The largest absolute Gasteiger partial charge is 0.395 e. The summed E-state index contributed by atoms with van der Waals surface area (Å²) < 4.78 is 24.3. The number of nitrogens with one attached hydrogen (secondary N) is 1. The molecule has 0 bridgehead atoms. The summed E-state index contributed by atoms with van der Waals surface area (Å²) in [4.78, 5) is 2.26. The molecule has 2 N–H and O–H groups in total. The first-order chi connectivity index (χ1) is 8.82. The highest BCUT2D eigenvalue weighted by Crippen LogP contribution is 2.07. The summed E-state index contributed by atoms with van der Waals surface area (Å²) in [6.07, 6.45) is 2.14. The van der Waals surface area contributed by atoms with Crippen LogP contribution in [-0.2, 0) is 10.0 Å². The second-order valence-corrected chi connectivity index (χ2v) is 7.48. The van der Waals surface area contributed by atoms with Gasteiger partial charge in [-0.1, -0.05) is 13.8 Å². The van der Waals surface area contributed by atoms with Gasteiger partial charge < -0.3 is 15.3 Å². The number of nitrogens with zero attached hydrogens (tertiary/aromatic N) is 2. The van der Waals surface area contributed by atoms with Gasteiger partial charge >= 0.3 is 0 Å². The first-order valence-electron chi connectivity index (χ1n) is 6.87. The molecule has 1 heterocycles. The molecule has 6 nitrogen and oxygen atoms in total. The van der Waals surface area contributed by atoms with Gasteiger partial charge in [0.05, 0.1) is 12.9 Å². The normalized spacial score (nSPS) is 20.9. The van der Waals surface area contributed by atoms with Gasteiger partial charge in [0.25, 0.3) is 0 Å². The van der Waals surface area contributed by atoms with Crippen LogP contribution in [0.4, 0.5) is 0 Å². The Kier molecular flexibility index (Phi) is 6.68. The lowest BCUT2D eigenvalue weighted by Crippen LogP contribution is -2.49. The number of piperazine rings is 1. The molecule has 1 aliphatic rings. The van der Waals surface area contributed by atoms with Crippen LogP contribution in [0.25, 0.3) is 0 Å². The van der Waals surface area contributed by atoms with E-state index in [0.29, 0.717) is 19.1 Å². The van der Waals surface area contributed by atoms with E-state index in [1.165, 1.54) is 10.6 Å². The minimum atomic E-state index is -3.05. The summed E-state index contributed by atoms with van der Waals surface area (Å²) in [5.74, 6) is 0. The first-order valence-corrected chi connectivity index (χ1v) is 8.72. The van der Waals surface area contributed by atoms with Crippen LogP contribution in [0.15, 0.2) is 0 Å². The number of sulfonamides is 1. The van der Waals surface area contributed by atoms with E-state index in [1.54, 1.807) is 0 Å². The number of hydrogen-bond acceptors (Lipinski definition) is 5. The highest BCUT2D eigenvalue weighted by molar-refractivity contribution is 7.88. The summed E-state index contributed by atoms with van der Waals surface area (Å²) in [7, 11) is -3.05. The van der Waals surface area contributed by atoms with Gasteiger partial charge in [0.1, 0.15) is 0 Å². The number of hydrogen-bond donors (Lipinski definition) is 2. The van der Waals surface area contributed by atoms with Crippen molar-refractivity contribution < 1.29 is 13.5 Å². The Labute approximate surface area is 116 Å². The molecule has 1 unspecified atom stereocenters. The van der Waals surface area contributed by atoms with E-state index in [9.17, 15) is 13.5 Å². The fourth-order valence-corrected chi connectivity index (χ4v) is 3.15. The average Bonchev–Trinajstić information content (AvgIpc) is 2.33. The summed E-state index contributed by atoms with van der Waals surface area (Å²) in [6.45, 7) is 7.84. The standard InChI is InChI=1S/C12H27N3O3S/c1-11(2)13-12(10-16)4-5-14-6-8-15(9-7-14)19(3,17)18/h11-13,16H,4-10H2,1-3H3. The Bertz CT molecular complexity index is 351. The minimum absolute atomic E-state index is 0.118. The molecule has 1 saturated heterocycles. The molecular formula is C12H27N3O3S. The number of aliphatic hydroxyl groups excluding tert-OH is 1. The molecule has 0 saturated carbocycles. The van der Waals surface area contributed by atoms with Crippen molar-refractivity contribution in [2.75, 3.05) is 45.6 Å². The number of rotatable bonds is 7. The minimum Gasteiger partial charge on any atom is -0.395 e. The van der Waals surface area contributed by atoms with E-state index in [-0.39, 0.29) is 12.6 Å². The van der Waals surface area contributed by atoms with Crippen molar-refractivity contribution in [2.45, 2.75) is 32.4 Å². The summed E-state index contributed by atoms with van der Waals surface area (Å²) >= 11 is 0. The van der Waals surface area contributed by atoms with Gasteiger partial charge in [-0.05, 0) is 13.0 Å². The molecule has 1 aliphatic heterocycles. The SMILES string of the molecule is CC(C)NC(CO)CCN1CCN(S(C)(=O)=O)CC1. The topological polar surface area (TPSA) is 72.9 Å². The van der Waals surface area contributed by atoms with E-state index >= 15 is 0 Å². The van der Waals surface area contributed by atoms with E-state index in [0.717, 1.165) is 26.1 Å². The van der Waals surface area contributed by atoms with Gasteiger partial charge in [0.2, 0.25) is 10.0 Å². The summed E-state index contributed by atoms with van der Waals surface area (Å²) in [5.41, 5.74) is 0. The van der Waals surface area contributed by atoms with Crippen molar-refractivity contribution in [2.24, 2.45) is 0 Å². The molecule has 0 spiro atoms. The lowest BCUT2D eigenvalue weighted by atomic mass is 10.2. The molecule has 0 amide bonds. The van der Waals surface area contributed by atoms with Gasteiger partial charge in [0, 0.05) is 38.3 Å². The van der Waals surface area contributed by atoms with Crippen LogP contribution in [0.1, 0.15) is 20.3 Å². The lowest BCUT2D eigenvalue weighted by Gasteiger charge is -2.34. The molecule has 0 aromatic carbocycles. The van der Waals surface area contributed by atoms with Crippen LogP contribution in [0.2, 0.25) is 0 Å². The molecule has 114 valence electrons. The lowest BCUT2D eigenvalue weighted by molar-refractivity contribution is 0.164. The van der Waals surface area contributed by atoms with Gasteiger partial charge in [-0.25, -0.2) is 8.42 Å². The van der Waals surface area contributed by atoms with Crippen molar-refractivity contribution in [1.82, 2.24) is 14.5 Å². The van der Waals surface area contributed by atoms with Crippen molar-refractivity contribution in [3.63, 3.8) is 0 Å². The van der Waals surface area contributed by atoms with Crippen molar-refractivity contribution in [3.8, 4) is 0 Å². The molecule has 1 fully saturated rings. The second-order valence-electron chi connectivity index (χ2n) is 5.49. The predicted molar refractivity (Wildman–Crippen MR) is 76.6 cm³/mol. The van der Waals surface area contributed by atoms with Gasteiger partial charge in [-0.2, -0.15) is 4.31 Å². The van der Waals surface area contributed by atoms with E-state index in [2.05, 4.69) is 24.1 Å². The average molecular weight is 293 g/mol. The zero-order chi connectivity index (χ0) is 14.5. The third kappa shape index (κ3) is 6.18. The Morgan fingerprint density at radius 1 is 1.21 bits per heavy atom. The smallest absolute Gasteiger partial charge is 0.211 e. The van der Waals surface area contributed by atoms with Gasteiger partial charge in [-0.3, -0.25) is 0 Å². The molecular weight excluding hydrogens is 266 g/mol. The molecule has 0 radical (unpaired) electrons. The molecule has 0 aromatic rings. The molecule has 19 heavy (non-hydrogen) atoms. The van der Waals surface area contributed by atoms with E-state index < -0.39 is 10.0 Å². The molecule has 0 aromatic heterocycles. The Morgan fingerprint density at radius 2 is 1.79 bits per heavy atom. The van der Waals surface area contributed by atoms with Gasteiger partial charge in [0.15, 0.2) is 0 Å². The Balaban J connectivity index is 2.29. The quantitative estimate of drug-likeness (QED) is 0.650. The predicted octanol–water partition coefficient (Wildman–Crippen LogP) is -0.687. The molecule has 1 atom stereocenters. The van der Waals surface area contributed by atoms with Crippen LogP contribution in [0.5, 0.6) is 0 Å². The fourth-order valence-electron chi connectivity index (χ4n) is 2.32. The zero-order valence-electron chi connectivity index (χ0n) is 12.2. The monoisotopic (exact) mass is 293 g/mol. The van der Waals surface area contributed by atoms with E-state index in [1.807, 2.05) is 0 Å². The zero-order valence-corrected chi connectivity index (χ0v) is 13.0. The Morgan fingerprint density at radius 3 is 2.21 bits per heavy atom. The maximum Gasteiger partial charge on any atom is 0.211 e. The molecule has 1 rings (SSSR count). The van der Waals surface area contributed by atoms with Crippen LogP contribution in [0, 0.1) is 0 Å². The summed E-state index contributed by atoms with van der Waals surface area (Å²) in [5, 5.41) is 12.6. The Hall–Kier alpha value is -0.210. The van der Waals surface area contributed by atoms with Crippen LogP contribution < -0.4 is 5.32 Å². The summed E-state index contributed by atoms with van der Waals surface area (Å²) in [6, 6.07) is 0.479. The maximum absolute atomic E-state index is 11.4. The van der Waals surface area contributed by atoms with Crippen LogP contribution >= 0.6 is 0 Å². The van der Waals surface area contributed by atoms with Crippen molar-refractivity contribution in [3.05, 3.63) is 0 Å². The van der Waals surface area contributed by atoms with Gasteiger partial charge in [-0.15, -0.1) is 0 Å². The maximum atomic E-state index is 11.4. The third-order valence-corrected chi connectivity index (χ3v) is 4.69. The van der Waals surface area contributed by atoms with Crippen LogP contribution in [-0.4, -0.2) is 80.4 Å². The molecule has 7 heteroatoms. The second kappa shape index (κ2) is 7.54. The van der Waals surface area contributed by atoms with E-state index in [4.69, 9.17) is 0 Å². The fraction of sp³-hybridized carbons (Fsp3) is 1.00. The van der Waals surface area contributed by atoms with Crippen molar-refractivity contribution >= 4 is 10.0 Å². The molecule has 0 aliphatic carbocycles.